The first-order valence-corrected chi connectivity index (χ1v) is 9.70. The molecule has 4 rings (SSSR count). The van der Waals surface area contributed by atoms with E-state index in [0.29, 0.717) is 22.5 Å². The molecule has 0 spiro atoms. The first kappa shape index (κ1) is 19.7. The van der Waals surface area contributed by atoms with E-state index in [0.717, 1.165) is 21.9 Å². The number of hydrogen-bond acceptors (Lipinski definition) is 5. The number of hydrogen-bond donors (Lipinski definition) is 1. The van der Waals surface area contributed by atoms with Crippen LogP contribution >= 0.6 is 0 Å². The number of benzene rings is 2. The smallest absolute Gasteiger partial charge is 0.375 e. The normalized spacial score (nSPS) is 12.3. The Morgan fingerprint density at radius 3 is 2.53 bits per heavy atom. The van der Waals surface area contributed by atoms with Gasteiger partial charge >= 0.3 is 5.97 Å². The molecule has 0 saturated heterocycles. The van der Waals surface area contributed by atoms with Crippen LogP contribution in [-0.4, -0.2) is 27.8 Å². The number of amides is 1. The van der Waals surface area contributed by atoms with Crippen LogP contribution in [0, 0.1) is 20.8 Å². The van der Waals surface area contributed by atoms with Gasteiger partial charge in [-0.2, -0.15) is 5.10 Å². The van der Waals surface area contributed by atoms with Crippen molar-refractivity contribution in [3.63, 3.8) is 0 Å². The summed E-state index contributed by atoms with van der Waals surface area (Å²) in [4.78, 5) is 25.3. The summed E-state index contributed by atoms with van der Waals surface area (Å²) in [5, 5.41) is 9.85. The number of fused-ring (bicyclic) bond motifs is 3. The third-order valence-corrected chi connectivity index (χ3v) is 5.42. The van der Waals surface area contributed by atoms with Crippen molar-refractivity contribution in [1.82, 2.24) is 9.78 Å². The highest BCUT2D eigenvalue weighted by molar-refractivity contribution is 6.08. The molecule has 1 amide bonds. The molecular formula is C23H23N3O4. The largest absolute Gasteiger partial charge is 0.448 e. The van der Waals surface area contributed by atoms with Crippen LogP contribution in [0.15, 0.2) is 40.8 Å². The number of aromatic nitrogens is 2. The van der Waals surface area contributed by atoms with Crippen molar-refractivity contribution in [3.05, 3.63) is 59.1 Å². The zero-order valence-electron chi connectivity index (χ0n) is 17.6. The van der Waals surface area contributed by atoms with Gasteiger partial charge in [-0.05, 0) is 33.1 Å². The average molecular weight is 405 g/mol. The lowest BCUT2D eigenvalue weighted by atomic mass is 10.1. The number of nitrogens with zero attached hydrogens (tertiary/aromatic N) is 2. The molecule has 0 aliphatic rings. The molecule has 30 heavy (non-hydrogen) atoms. The molecule has 7 heteroatoms. The molecule has 0 bridgehead atoms. The lowest BCUT2D eigenvalue weighted by Gasteiger charge is -2.13. The van der Waals surface area contributed by atoms with Gasteiger partial charge in [-0.1, -0.05) is 36.4 Å². The van der Waals surface area contributed by atoms with E-state index >= 15 is 0 Å². The standard InChI is InChI=1S/C23H23N3O4/c1-12-17-11-10-16-8-6-7-9-18(16)21(17)30-20(12)23(28)29-15(4)22(27)24-19-13(2)25-26(5)14(19)3/h6-11,15H,1-5H3,(H,24,27)/t15-/m0/s1. The molecule has 7 nitrogen and oxygen atoms in total. The number of ether oxygens (including phenoxy) is 1. The topological polar surface area (TPSA) is 86.4 Å². The van der Waals surface area contributed by atoms with Gasteiger partial charge in [0.25, 0.3) is 5.91 Å². The third kappa shape index (κ3) is 3.22. The predicted molar refractivity (Wildman–Crippen MR) is 115 cm³/mol. The third-order valence-electron chi connectivity index (χ3n) is 5.42. The second-order valence-corrected chi connectivity index (χ2v) is 7.43. The summed E-state index contributed by atoms with van der Waals surface area (Å²) in [7, 11) is 1.80. The number of aryl methyl sites for hydroxylation is 3. The van der Waals surface area contributed by atoms with Gasteiger partial charge in [0.2, 0.25) is 5.76 Å². The second kappa shape index (κ2) is 7.33. The zero-order chi connectivity index (χ0) is 21.6. The maximum atomic E-state index is 12.8. The van der Waals surface area contributed by atoms with E-state index in [1.54, 1.807) is 18.7 Å². The van der Waals surface area contributed by atoms with Crippen LogP contribution in [-0.2, 0) is 16.6 Å². The minimum atomic E-state index is -0.999. The van der Waals surface area contributed by atoms with E-state index in [4.69, 9.17) is 9.15 Å². The quantitative estimate of drug-likeness (QED) is 0.508. The van der Waals surface area contributed by atoms with E-state index in [-0.39, 0.29) is 5.76 Å². The molecule has 1 N–H and O–H groups in total. The van der Waals surface area contributed by atoms with Gasteiger partial charge in [-0.15, -0.1) is 0 Å². The van der Waals surface area contributed by atoms with Gasteiger partial charge in [0.05, 0.1) is 17.1 Å². The van der Waals surface area contributed by atoms with Gasteiger partial charge in [0.15, 0.2) is 6.10 Å². The molecule has 0 aliphatic heterocycles. The van der Waals surface area contributed by atoms with Crippen LogP contribution in [0.1, 0.15) is 34.4 Å². The molecule has 2 aromatic heterocycles. The lowest BCUT2D eigenvalue weighted by Crippen LogP contribution is -2.30. The molecule has 154 valence electrons. The fraction of sp³-hybridized carbons (Fsp3) is 0.261. The molecule has 1 atom stereocenters. The minimum absolute atomic E-state index is 0.106. The van der Waals surface area contributed by atoms with Crippen LogP contribution in [0.4, 0.5) is 5.69 Å². The highest BCUT2D eigenvalue weighted by Gasteiger charge is 2.26. The molecule has 0 unspecified atom stereocenters. The maximum Gasteiger partial charge on any atom is 0.375 e. The zero-order valence-corrected chi connectivity index (χ0v) is 17.6. The van der Waals surface area contributed by atoms with Crippen LogP contribution in [0.25, 0.3) is 21.7 Å². The number of nitrogens with one attached hydrogen (secondary N) is 1. The van der Waals surface area contributed by atoms with Crippen molar-refractivity contribution < 1.29 is 18.7 Å². The Kier molecular flexibility index (Phi) is 4.81. The van der Waals surface area contributed by atoms with Crippen molar-refractivity contribution in [2.24, 2.45) is 7.05 Å². The maximum absolute atomic E-state index is 12.8. The van der Waals surface area contributed by atoms with Crippen LogP contribution in [0.3, 0.4) is 0 Å². The fourth-order valence-corrected chi connectivity index (χ4v) is 3.59. The highest BCUT2D eigenvalue weighted by Crippen LogP contribution is 2.32. The van der Waals surface area contributed by atoms with Crippen molar-refractivity contribution in [2.45, 2.75) is 33.8 Å². The number of rotatable bonds is 4. The first-order chi connectivity index (χ1) is 14.3. The number of esters is 1. The Bertz CT molecular complexity index is 1300. The van der Waals surface area contributed by atoms with E-state index < -0.39 is 18.0 Å². The molecule has 0 aliphatic carbocycles. The van der Waals surface area contributed by atoms with Crippen molar-refractivity contribution >= 4 is 39.3 Å². The molecule has 2 heterocycles. The molecule has 2 aromatic carbocycles. The van der Waals surface area contributed by atoms with Gasteiger partial charge in [-0.25, -0.2) is 4.79 Å². The van der Waals surface area contributed by atoms with E-state index in [2.05, 4.69) is 10.4 Å². The van der Waals surface area contributed by atoms with Gasteiger partial charge < -0.3 is 14.5 Å². The molecular weight excluding hydrogens is 382 g/mol. The fourth-order valence-electron chi connectivity index (χ4n) is 3.59. The Hall–Kier alpha value is -3.61. The summed E-state index contributed by atoms with van der Waals surface area (Å²) in [6.07, 6.45) is -0.999. The summed E-state index contributed by atoms with van der Waals surface area (Å²) in [6.45, 7) is 7.00. The Labute approximate surface area is 173 Å². The van der Waals surface area contributed by atoms with Crippen molar-refractivity contribution in [1.29, 1.82) is 0 Å². The number of anilines is 1. The Balaban J connectivity index is 1.57. The molecule has 0 radical (unpaired) electrons. The summed E-state index contributed by atoms with van der Waals surface area (Å²) in [5.74, 6) is -0.994. The minimum Gasteiger partial charge on any atom is -0.448 e. The lowest BCUT2D eigenvalue weighted by molar-refractivity contribution is -0.123. The first-order valence-electron chi connectivity index (χ1n) is 9.70. The van der Waals surface area contributed by atoms with Crippen LogP contribution in [0.5, 0.6) is 0 Å². The number of carbonyl (C=O) groups excluding carboxylic acids is 2. The summed E-state index contributed by atoms with van der Waals surface area (Å²) < 4.78 is 13.0. The highest BCUT2D eigenvalue weighted by atomic mass is 16.6. The molecule has 0 saturated carbocycles. The van der Waals surface area contributed by atoms with E-state index in [1.807, 2.05) is 50.2 Å². The Morgan fingerprint density at radius 1 is 1.10 bits per heavy atom. The van der Waals surface area contributed by atoms with Gasteiger partial charge in [0, 0.05) is 23.4 Å². The van der Waals surface area contributed by atoms with Crippen LogP contribution in [0.2, 0.25) is 0 Å². The Morgan fingerprint density at radius 2 is 1.83 bits per heavy atom. The summed E-state index contributed by atoms with van der Waals surface area (Å²) in [5.41, 5.74) is 3.46. The monoisotopic (exact) mass is 405 g/mol. The summed E-state index contributed by atoms with van der Waals surface area (Å²) in [6, 6.07) is 11.7. The number of carbonyl (C=O) groups is 2. The SMILES string of the molecule is Cc1nn(C)c(C)c1NC(=O)[C@H](C)OC(=O)c1oc2c(ccc3ccccc32)c1C. The number of furan rings is 1. The molecule has 4 aromatic rings. The van der Waals surface area contributed by atoms with Crippen molar-refractivity contribution in [3.8, 4) is 0 Å². The summed E-state index contributed by atoms with van der Waals surface area (Å²) >= 11 is 0. The molecule has 0 fully saturated rings. The van der Waals surface area contributed by atoms with E-state index in [1.165, 1.54) is 6.92 Å². The van der Waals surface area contributed by atoms with Gasteiger partial charge in [-0.3, -0.25) is 9.48 Å². The van der Waals surface area contributed by atoms with Crippen LogP contribution < -0.4 is 5.32 Å². The van der Waals surface area contributed by atoms with E-state index in [9.17, 15) is 9.59 Å². The predicted octanol–water partition coefficient (Wildman–Crippen LogP) is 4.43. The average Bonchev–Trinajstić information content (AvgIpc) is 3.19. The van der Waals surface area contributed by atoms with Gasteiger partial charge in [0.1, 0.15) is 5.58 Å². The van der Waals surface area contributed by atoms with Crippen molar-refractivity contribution in [2.75, 3.05) is 5.32 Å². The second-order valence-electron chi connectivity index (χ2n) is 7.43.